The Morgan fingerprint density at radius 3 is 2.17 bits per heavy atom. The van der Waals surface area contributed by atoms with Gasteiger partial charge in [0.05, 0.1) is 0 Å². The van der Waals surface area contributed by atoms with Crippen molar-refractivity contribution in [2.75, 3.05) is 6.61 Å². The molecule has 4 aromatic carbocycles. The van der Waals surface area contributed by atoms with Crippen LogP contribution in [0, 0.1) is 13.8 Å². The first-order valence-electron chi connectivity index (χ1n) is 9.74. The minimum absolute atomic E-state index is 0.180. The van der Waals surface area contributed by atoms with Gasteiger partial charge in [-0.05, 0) is 72.8 Å². The Balaban J connectivity index is 1.35. The first kappa shape index (κ1) is 19.5. The molecule has 0 aliphatic carbocycles. The molecule has 0 atom stereocenters. The van der Waals surface area contributed by atoms with Crippen molar-refractivity contribution in [3.63, 3.8) is 0 Å². The van der Waals surface area contributed by atoms with Gasteiger partial charge in [0, 0.05) is 5.39 Å². The van der Waals surface area contributed by atoms with Gasteiger partial charge in [0.25, 0.3) is 0 Å². The highest BCUT2D eigenvalue weighted by Gasteiger charge is 2.09. The summed E-state index contributed by atoms with van der Waals surface area (Å²) < 4.78 is 16.9. The van der Waals surface area contributed by atoms with Gasteiger partial charge in [0.2, 0.25) is 0 Å². The SMILES string of the molecule is Cc1cc(C)cc(Oc2ccc(OCC(=O)Oc3cccc4ccccc34)cc2)c1. The molecule has 0 fully saturated rings. The third-order valence-corrected chi connectivity index (χ3v) is 4.58. The summed E-state index contributed by atoms with van der Waals surface area (Å²) in [6, 6.07) is 26.6. The largest absolute Gasteiger partial charge is 0.482 e. The fourth-order valence-electron chi connectivity index (χ4n) is 3.31. The van der Waals surface area contributed by atoms with Crippen LogP contribution in [0.3, 0.4) is 0 Å². The van der Waals surface area contributed by atoms with Gasteiger partial charge < -0.3 is 14.2 Å². The summed E-state index contributed by atoms with van der Waals surface area (Å²) in [5.74, 6) is 2.13. The van der Waals surface area contributed by atoms with Crippen LogP contribution >= 0.6 is 0 Å². The van der Waals surface area contributed by atoms with Gasteiger partial charge in [-0.2, -0.15) is 0 Å². The maximum absolute atomic E-state index is 12.2. The molecule has 0 aromatic heterocycles. The van der Waals surface area contributed by atoms with Crippen LogP contribution in [-0.4, -0.2) is 12.6 Å². The van der Waals surface area contributed by atoms with Crippen molar-refractivity contribution in [2.45, 2.75) is 13.8 Å². The normalized spacial score (nSPS) is 10.6. The molecule has 0 spiro atoms. The molecular weight excluding hydrogens is 376 g/mol. The summed E-state index contributed by atoms with van der Waals surface area (Å²) in [5, 5.41) is 1.91. The van der Waals surface area contributed by atoms with Gasteiger partial charge in [-0.3, -0.25) is 0 Å². The third-order valence-electron chi connectivity index (χ3n) is 4.58. The van der Waals surface area contributed by atoms with Crippen LogP contribution in [0.5, 0.6) is 23.0 Å². The summed E-state index contributed by atoms with van der Waals surface area (Å²) in [4.78, 5) is 12.2. The second-order valence-corrected chi connectivity index (χ2v) is 7.14. The molecule has 0 unspecified atom stereocenters. The summed E-state index contributed by atoms with van der Waals surface area (Å²) >= 11 is 0. The molecule has 0 heterocycles. The van der Waals surface area contributed by atoms with E-state index in [0.717, 1.165) is 27.6 Å². The van der Waals surface area contributed by atoms with E-state index in [1.54, 1.807) is 18.2 Å². The number of hydrogen-bond acceptors (Lipinski definition) is 4. The summed E-state index contributed by atoms with van der Waals surface area (Å²) in [5.41, 5.74) is 2.30. The third kappa shape index (κ3) is 4.78. The summed E-state index contributed by atoms with van der Waals surface area (Å²) in [7, 11) is 0. The quantitative estimate of drug-likeness (QED) is 0.285. The molecule has 150 valence electrons. The number of benzene rings is 4. The van der Waals surface area contributed by atoms with E-state index in [0.29, 0.717) is 17.2 Å². The monoisotopic (exact) mass is 398 g/mol. The molecule has 4 nitrogen and oxygen atoms in total. The molecule has 4 heteroatoms. The van der Waals surface area contributed by atoms with E-state index in [2.05, 4.69) is 6.07 Å². The van der Waals surface area contributed by atoms with Crippen molar-refractivity contribution in [3.8, 4) is 23.0 Å². The molecule has 0 bridgehead atoms. The zero-order valence-corrected chi connectivity index (χ0v) is 16.9. The predicted octanol–water partition coefficient (Wildman–Crippen LogP) is 6.23. The van der Waals surface area contributed by atoms with E-state index in [1.807, 2.05) is 74.5 Å². The van der Waals surface area contributed by atoms with Crippen molar-refractivity contribution < 1.29 is 19.0 Å². The van der Waals surface area contributed by atoms with E-state index < -0.39 is 5.97 Å². The van der Waals surface area contributed by atoms with Crippen LogP contribution in [0.15, 0.2) is 84.9 Å². The second kappa shape index (κ2) is 8.70. The number of fused-ring (bicyclic) bond motifs is 1. The van der Waals surface area contributed by atoms with E-state index >= 15 is 0 Å². The Morgan fingerprint density at radius 1 is 0.733 bits per heavy atom. The minimum atomic E-state index is -0.457. The van der Waals surface area contributed by atoms with Gasteiger partial charge in [-0.25, -0.2) is 4.79 Å². The van der Waals surface area contributed by atoms with Gasteiger partial charge in [-0.1, -0.05) is 42.5 Å². The molecule has 4 aromatic rings. The number of aryl methyl sites for hydroxylation is 2. The Kier molecular flexibility index (Phi) is 5.66. The number of carbonyl (C=O) groups is 1. The van der Waals surface area contributed by atoms with E-state index in [9.17, 15) is 4.79 Å². The Hall–Kier alpha value is -3.79. The highest BCUT2D eigenvalue weighted by Crippen LogP contribution is 2.27. The molecule has 0 radical (unpaired) electrons. The lowest BCUT2D eigenvalue weighted by atomic mass is 10.1. The van der Waals surface area contributed by atoms with Crippen LogP contribution in [0.4, 0.5) is 0 Å². The molecule has 0 N–H and O–H groups in total. The maximum Gasteiger partial charge on any atom is 0.349 e. The smallest absolute Gasteiger partial charge is 0.349 e. The van der Waals surface area contributed by atoms with Crippen LogP contribution < -0.4 is 14.2 Å². The molecule has 0 amide bonds. The maximum atomic E-state index is 12.2. The first-order chi connectivity index (χ1) is 14.6. The van der Waals surface area contributed by atoms with E-state index in [4.69, 9.17) is 14.2 Å². The molecule has 0 saturated carbocycles. The van der Waals surface area contributed by atoms with E-state index in [1.165, 1.54) is 0 Å². The first-order valence-corrected chi connectivity index (χ1v) is 9.74. The highest BCUT2D eigenvalue weighted by molar-refractivity contribution is 5.90. The van der Waals surface area contributed by atoms with Crippen molar-refractivity contribution in [2.24, 2.45) is 0 Å². The van der Waals surface area contributed by atoms with Gasteiger partial charge in [0.1, 0.15) is 23.0 Å². The van der Waals surface area contributed by atoms with Gasteiger partial charge >= 0.3 is 5.97 Å². The number of esters is 1. The van der Waals surface area contributed by atoms with Crippen LogP contribution in [0.1, 0.15) is 11.1 Å². The molecule has 0 aliphatic heterocycles. The van der Waals surface area contributed by atoms with Crippen LogP contribution in [-0.2, 0) is 4.79 Å². The van der Waals surface area contributed by atoms with E-state index in [-0.39, 0.29) is 6.61 Å². The highest BCUT2D eigenvalue weighted by atomic mass is 16.6. The summed E-state index contributed by atoms with van der Waals surface area (Å²) in [6.07, 6.45) is 0. The van der Waals surface area contributed by atoms with Crippen molar-refractivity contribution >= 4 is 16.7 Å². The fraction of sp³-hybridized carbons (Fsp3) is 0.115. The van der Waals surface area contributed by atoms with Crippen LogP contribution in [0.2, 0.25) is 0 Å². The number of ether oxygens (including phenoxy) is 3. The number of carbonyl (C=O) groups excluding carboxylic acids is 1. The molecule has 30 heavy (non-hydrogen) atoms. The number of hydrogen-bond donors (Lipinski definition) is 0. The lowest BCUT2D eigenvalue weighted by Crippen LogP contribution is -2.17. The molecule has 0 aliphatic rings. The van der Waals surface area contributed by atoms with Crippen LogP contribution in [0.25, 0.3) is 10.8 Å². The topological polar surface area (TPSA) is 44.8 Å². The molecule has 0 saturated heterocycles. The molecule has 4 rings (SSSR count). The average Bonchev–Trinajstić information content (AvgIpc) is 2.73. The minimum Gasteiger partial charge on any atom is -0.482 e. The zero-order valence-electron chi connectivity index (χ0n) is 16.9. The predicted molar refractivity (Wildman–Crippen MR) is 118 cm³/mol. The lowest BCUT2D eigenvalue weighted by Gasteiger charge is -2.10. The van der Waals surface area contributed by atoms with Crippen molar-refractivity contribution in [1.29, 1.82) is 0 Å². The van der Waals surface area contributed by atoms with Gasteiger partial charge in [0.15, 0.2) is 6.61 Å². The van der Waals surface area contributed by atoms with Gasteiger partial charge in [-0.15, -0.1) is 0 Å². The number of rotatable bonds is 6. The average molecular weight is 398 g/mol. The standard InChI is InChI=1S/C26H22O4/c1-18-14-19(2)16-23(15-18)29-22-12-10-21(11-13-22)28-17-26(27)30-25-9-5-7-20-6-3-4-8-24(20)25/h3-16H,17H2,1-2H3. The Morgan fingerprint density at radius 2 is 1.40 bits per heavy atom. The molecular formula is C26H22O4. The fourth-order valence-corrected chi connectivity index (χ4v) is 3.31. The summed E-state index contributed by atoms with van der Waals surface area (Å²) in [6.45, 7) is 3.89. The Bertz CT molecular complexity index is 1150. The lowest BCUT2D eigenvalue weighted by molar-refractivity contribution is -0.136. The Labute approximate surface area is 175 Å². The van der Waals surface area contributed by atoms with Crippen molar-refractivity contribution in [3.05, 3.63) is 96.1 Å². The zero-order chi connectivity index (χ0) is 20.9. The second-order valence-electron chi connectivity index (χ2n) is 7.14. The van der Waals surface area contributed by atoms with Crippen molar-refractivity contribution in [1.82, 2.24) is 0 Å².